The van der Waals surface area contributed by atoms with E-state index in [1.165, 1.54) is 0 Å². The highest BCUT2D eigenvalue weighted by atomic mass is 16.4. The van der Waals surface area contributed by atoms with E-state index < -0.39 is 11.5 Å². The summed E-state index contributed by atoms with van der Waals surface area (Å²) in [6, 6.07) is 7.54. The number of likely N-dealkylation sites (N-methyl/N-ethyl adjacent to an activating group) is 1. The minimum Gasteiger partial charge on any atom is -0.481 e. The van der Waals surface area contributed by atoms with Gasteiger partial charge in [-0.25, -0.2) is 0 Å². The lowest BCUT2D eigenvalue weighted by Crippen LogP contribution is -2.61. The Morgan fingerprint density at radius 3 is 2.48 bits per heavy atom. The first-order valence-electron chi connectivity index (χ1n) is 7.11. The largest absolute Gasteiger partial charge is 0.481 e. The molecule has 114 valence electrons. The van der Waals surface area contributed by atoms with E-state index in [9.17, 15) is 9.59 Å². The van der Waals surface area contributed by atoms with E-state index in [1.54, 1.807) is 4.90 Å². The van der Waals surface area contributed by atoms with Gasteiger partial charge in [0.25, 0.3) is 0 Å². The maximum Gasteiger partial charge on any atom is 0.307 e. The molecule has 1 aromatic rings. The van der Waals surface area contributed by atoms with Crippen molar-refractivity contribution in [1.82, 2.24) is 9.80 Å². The van der Waals surface area contributed by atoms with Crippen molar-refractivity contribution in [2.75, 3.05) is 20.1 Å². The quantitative estimate of drug-likeness (QED) is 0.909. The minimum atomic E-state index is -0.837. The summed E-state index contributed by atoms with van der Waals surface area (Å²) in [7, 11) is 1.82. The predicted octanol–water partition coefficient (Wildman–Crippen LogP) is 1.37. The Bertz CT molecular complexity index is 554. The van der Waals surface area contributed by atoms with Gasteiger partial charge in [0, 0.05) is 26.7 Å². The number of carboxylic acids is 1. The van der Waals surface area contributed by atoms with E-state index >= 15 is 0 Å². The van der Waals surface area contributed by atoms with Gasteiger partial charge in [-0.3, -0.25) is 14.5 Å². The molecule has 0 aromatic heterocycles. The van der Waals surface area contributed by atoms with Crippen LogP contribution in [0.1, 0.15) is 25.0 Å². The Labute approximate surface area is 125 Å². The van der Waals surface area contributed by atoms with Gasteiger partial charge in [-0.1, -0.05) is 24.3 Å². The number of piperazine rings is 1. The molecule has 1 saturated heterocycles. The first kappa shape index (κ1) is 15.5. The number of carbonyl (C=O) groups excluding carboxylic acids is 1. The van der Waals surface area contributed by atoms with Crippen LogP contribution in [0, 0.1) is 0 Å². The Hall–Kier alpha value is -1.88. The monoisotopic (exact) mass is 290 g/mol. The molecular formula is C16H22N2O3. The molecule has 21 heavy (non-hydrogen) atoms. The molecule has 1 heterocycles. The summed E-state index contributed by atoms with van der Waals surface area (Å²) in [5, 5.41) is 9.00. The Balaban J connectivity index is 2.22. The molecule has 2 rings (SSSR count). The summed E-state index contributed by atoms with van der Waals surface area (Å²) in [5.41, 5.74) is 1.22. The van der Waals surface area contributed by atoms with Crippen molar-refractivity contribution in [3.05, 3.63) is 35.4 Å². The van der Waals surface area contributed by atoms with Gasteiger partial charge in [0.15, 0.2) is 0 Å². The average molecular weight is 290 g/mol. The molecule has 1 aromatic carbocycles. The summed E-state index contributed by atoms with van der Waals surface area (Å²) in [5.74, 6) is -0.736. The molecule has 0 radical (unpaired) electrons. The van der Waals surface area contributed by atoms with Crippen LogP contribution in [0.3, 0.4) is 0 Å². The fourth-order valence-electron chi connectivity index (χ4n) is 2.78. The van der Waals surface area contributed by atoms with Crippen molar-refractivity contribution in [3.63, 3.8) is 0 Å². The molecule has 0 bridgehead atoms. The fraction of sp³-hybridized carbons (Fsp3) is 0.500. The lowest BCUT2D eigenvalue weighted by molar-refractivity contribution is -0.147. The smallest absolute Gasteiger partial charge is 0.307 e. The van der Waals surface area contributed by atoms with Gasteiger partial charge in [0.2, 0.25) is 5.91 Å². The predicted molar refractivity (Wildman–Crippen MR) is 79.9 cm³/mol. The van der Waals surface area contributed by atoms with Crippen LogP contribution in [0.15, 0.2) is 24.3 Å². The van der Waals surface area contributed by atoms with Gasteiger partial charge in [-0.05, 0) is 25.0 Å². The maximum absolute atomic E-state index is 12.3. The van der Waals surface area contributed by atoms with Gasteiger partial charge in [-0.2, -0.15) is 0 Å². The minimum absolute atomic E-state index is 0.0122. The van der Waals surface area contributed by atoms with Crippen molar-refractivity contribution in [2.45, 2.75) is 32.4 Å². The van der Waals surface area contributed by atoms with Gasteiger partial charge < -0.3 is 10.0 Å². The zero-order valence-electron chi connectivity index (χ0n) is 12.8. The van der Waals surface area contributed by atoms with Gasteiger partial charge in [0.05, 0.1) is 12.0 Å². The first-order valence-corrected chi connectivity index (χ1v) is 7.11. The van der Waals surface area contributed by atoms with Crippen molar-refractivity contribution in [1.29, 1.82) is 0 Å². The van der Waals surface area contributed by atoms with Gasteiger partial charge in [0.1, 0.15) is 0 Å². The summed E-state index contributed by atoms with van der Waals surface area (Å²) in [6.45, 7) is 5.92. The van der Waals surface area contributed by atoms with Gasteiger partial charge >= 0.3 is 5.97 Å². The normalized spacial score (nSPS) is 18.8. The lowest BCUT2D eigenvalue weighted by atomic mass is 9.95. The standard InChI is InChI=1S/C16H22N2O3/c1-16(2)15(21)17(3)8-9-18(16)11-13-7-5-4-6-12(13)10-14(19)20/h4-7H,8-11H2,1-3H3,(H,19,20). The Kier molecular flexibility index (Phi) is 4.32. The number of aliphatic carboxylic acids is 1. The summed E-state index contributed by atoms with van der Waals surface area (Å²) < 4.78 is 0. The molecule has 0 saturated carbocycles. The highest BCUT2D eigenvalue weighted by molar-refractivity contribution is 5.86. The Morgan fingerprint density at radius 1 is 1.24 bits per heavy atom. The van der Waals surface area contributed by atoms with Crippen LogP contribution in [0.25, 0.3) is 0 Å². The van der Waals surface area contributed by atoms with E-state index in [4.69, 9.17) is 5.11 Å². The second kappa shape index (κ2) is 5.85. The van der Waals surface area contributed by atoms with Crippen LogP contribution >= 0.6 is 0 Å². The zero-order valence-corrected chi connectivity index (χ0v) is 12.8. The van der Waals surface area contributed by atoms with E-state index in [1.807, 2.05) is 45.2 Å². The van der Waals surface area contributed by atoms with E-state index in [0.29, 0.717) is 13.1 Å². The Morgan fingerprint density at radius 2 is 1.86 bits per heavy atom. The van der Waals surface area contributed by atoms with E-state index in [0.717, 1.165) is 17.7 Å². The van der Waals surface area contributed by atoms with Crippen LogP contribution < -0.4 is 0 Å². The highest BCUT2D eigenvalue weighted by Crippen LogP contribution is 2.25. The number of rotatable bonds is 4. The van der Waals surface area contributed by atoms with Crippen molar-refractivity contribution >= 4 is 11.9 Å². The number of hydrogen-bond donors (Lipinski definition) is 1. The number of amides is 1. The molecule has 0 atom stereocenters. The summed E-state index contributed by atoms with van der Waals surface area (Å²) >= 11 is 0. The number of nitrogens with zero attached hydrogens (tertiary/aromatic N) is 2. The van der Waals surface area contributed by atoms with Crippen molar-refractivity contribution < 1.29 is 14.7 Å². The lowest BCUT2D eigenvalue weighted by Gasteiger charge is -2.45. The summed E-state index contributed by atoms with van der Waals surface area (Å²) in [6.07, 6.45) is 0.0122. The fourth-order valence-corrected chi connectivity index (χ4v) is 2.78. The third-order valence-electron chi connectivity index (χ3n) is 4.19. The number of benzene rings is 1. The molecule has 5 heteroatoms. The second-order valence-electron chi connectivity index (χ2n) is 6.05. The van der Waals surface area contributed by atoms with E-state index in [-0.39, 0.29) is 12.3 Å². The molecule has 5 nitrogen and oxygen atoms in total. The SMILES string of the molecule is CN1CCN(Cc2ccccc2CC(=O)O)C(C)(C)C1=O. The maximum atomic E-state index is 12.3. The molecule has 1 aliphatic rings. The third kappa shape index (κ3) is 3.24. The molecule has 0 aliphatic carbocycles. The first-order chi connectivity index (χ1) is 9.82. The van der Waals surface area contributed by atoms with Crippen molar-refractivity contribution in [3.8, 4) is 0 Å². The number of carbonyl (C=O) groups is 2. The molecule has 1 amide bonds. The van der Waals surface area contributed by atoms with Crippen LogP contribution in [-0.4, -0.2) is 52.5 Å². The number of carboxylic acid groups (broad SMARTS) is 1. The van der Waals surface area contributed by atoms with Crippen LogP contribution in [-0.2, 0) is 22.6 Å². The van der Waals surface area contributed by atoms with E-state index in [2.05, 4.69) is 4.90 Å². The van der Waals surface area contributed by atoms with Crippen LogP contribution in [0.5, 0.6) is 0 Å². The topological polar surface area (TPSA) is 60.9 Å². The molecule has 1 fully saturated rings. The van der Waals surface area contributed by atoms with Crippen LogP contribution in [0.4, 0.5) is 0 Å². The zero-order chi connectivity index (χ0) is 15.6. The van der Waals surface area contributed by atoms with Crippen molar-refractivity contribution in [2.24, 2.45) is 0 Å². The third-order valence-corrected chi connectivity index (χ3v) is 4.19. The molecular weight excluding hydrogens is 268 g/mol. The van der Waals surface area contributed by atoms with Crippen LogP contribution in [0.2, 0.25) is 0 Å². The number of hydrogen-bond acceptors (Lipinski definition) is 3. The molecule has 1 aliphatic heterocycles. The molecule has 1 N–H and O–H groups in total. The second-order valence-corrected chi connectivity index (χ2v) is 6.05. The molecule has 0 unspecified atom stereocenters. The van der Waals surface area contributed by atoms with Gasteiger partial charge in [-0.15, -0.1) is 0 Å². The molecule has 0 spiro atoms. The highest BCUT2D eigenvalue weighted by Gasteiger charge is 2.40. The summed E-state index contributed by atoms with van der Waals surface area (Å²) in [4.78, 5) is 27.1. The average Bonchev–Trinajstić information content (AvgIpc) is 2.41.